The zero-order valence-corrected chi connectivity index (χ0v) is 16.2. The molecule has 2 aromatic heterocycles. The minimum Gasteiger partial charge on any atom is -0.337 e. The van der Waals surface area contributed by atoms with E-state index in [-0.39, 0.29) is 30.0 Å². The zero-order chi connectivity index (χ0) is 19.7. The molecule has 3 heterocycles. The van der Waals surface area contributed by atoms with Crippen LogP contribution in [0, 0.1) is 0 Å². The van der Waals surface area contributed by atoms with Gasteiger partial charge in [0.05, 0.1) is 5.52 Å². The second kappa shape index (κ2) is 7.58. The number of carbonyl (C=O) groups is 1. The number of benzene rings is 1. The number of aromatic nitrogens is 3. The number of amides is 1. The van der Waals surface area contributed by atoms with Crippen LogP contribution >= 0.6 is 0 Å². The van der Waals surface area contributed by atoms with Crippen molar-refractivity contribution in [3.05, 3.63) is 58.5 Å². The molecule has 146 valence electrons. The van der Waals surface area contributed by atoms with Crippen molar-refractivity contribution in [3.8, 4) is 0 Å². The van der Waals surface area contributed by atoms with Gasteiger partial charge in [-0.25, -0.2) is 0 Å². The molecule has 0 saturated carbocycles. The number of para-hydroxylation sites is 1. The van der Waals surface area contributed by atoms with Crippen LogP contribution < -0.4 is 5.56 Å². The van der Waals surface area contributed by atoms with Crippen LogP contribution in [0.15, 0.2) is 45.7 Å². The van der Waals surface area contributed by atoms with E-state index in [1.807, 2.05) is 38.1 Å². The highest BCUT2D eigenvalue weighted by atomic mass is 16.5. The maximum absolute atomic E-state index is 13.2. The van der Waals surface area contributed by atoms with Gasteiger partial charge in [0, 0.05) is 18.5 Å². The van der Waals surface area contributed by atoms with Gasteiger partial charge in [-0.2, -0.15) is 4.98 Å². The predicted molar refractivity (Wildman–Crippen MR) is 105 cm³/mol. The summed E-state index contributed by atoms with van der Waals surface area (Å²) in [6, 6.07) is 10.7. The van der Waals surface area contributed by atoms with Crippen molar-refractivity contribution in [2.45, 2.75) is 51.6 Å². The number of piperidine rings is 1. The lowest BCUT2D eigenvalue weighted by molar-refractivity contribution is -0.136. The van der Waals surface area contributed by atoms with E-state index in [0.29, 0.717) is 18.3 Å². The first kappa shape index (κ1) is 18.4. The first-order valence-corrected chi connectivity index (χ1v) is 9.76. The van der Waals surface area contributed by atoms with E-state index in [4.69, 9.17) is 4.52 Å². The molecule has 28 heavy (non-hydrogen) atoms. The highest BCUT2D eigenvalue weighted by Gasteiger charge is 2.32. The maximum atomic E-state index is 13.2. The van der Waals surface area contributed by atoms with Crippen LogP contribution in [-0.4, -0.2) is 32.1 Å². The lowest BCUT2D eigenvalue weighted by Gasteiger charge is -2.33. The first-order valence-electron chi connectivity index (χ1n) is 9.76. The largest absolute Gasteiger partial charge is 0.337 e. The van der Waals surface area contributed by atoms with Crippen molar-refractivity contribution >= 4 is 16.8 Å². The van der Waals surface area contributed by atoms with E-state index in [0.717, 1.165) is 30.2 Å². The second-order valence-corrected chi connectivity index (χ2v) is 7.56. The molecule has 1 aliphatic heterocycles. The Bertz CT molecular complexity index is 1050. The summed E-state index contributed by atoms with van der Waals surface area (Å²) in [5.41, 5.74) is 0.581. The van der Waals surface area contributed by atoms with Crippen molar-refractivity contribution in [1.82, 2.24) is 19.6 Å². The molecule has 1 amide bonds. The molecule has 0 spiro atoms. The molecule has 7 nitrogen and oxygen atoms in total. The molecule has 0 radical (unpaired) electrons. The van der Waals surface area contributed by atoms with E-state index in [1.54, 1.807) is 11.0 Å². The fourth-order valence-corrected chi connectivity index (χ4v) is 3.74. The van der Waals surface area contributed by atoms with E-state index in [1.165, 1.54) is 10.6 Å². The van der Waals surface area contributed by atoms with Gasteiger partial charge in [0.15, 0.2) is 5.82 Å². The Balaban J connectivity index is 1.63. The van der Waals surface area contributed by atoms with Gasteiger partial charge in [-0.05, 0) is 36.8 Å². The van der Waals surface area contributed by atoms with Crippen LogP contribution in [0.2, 0.25) is 0 Å². The molecular weight excluding hydrogens is 356 g/mol. The molecule has 3 aromatic rings. The van der Waals surface area contributed by atoms with Gasteiger partial charge in [-0.1, -0.05) is 37.2 Å². The number of hydrogen-bond acceptors (Lipinski definition) is 5. The van der Waals surface area contributed by atoms with Crippen molar-refractivity contribution < 1.29 is 9.32 Å². The van der Waals surface area contributed by atoms with Gasteiger partial charge in [-0.15, -0.1) is 0 Å². The van der Waals surface area contributed by atoms with Gasteiger partial charge in [-0.3, -0.25) is 14.2 Å². The Morgan fingerprint density at radius 3 is 2.82 bits per heavy atom. The Hall–Kier alpha value is -2.96. The number of rotatable bonds is 4. The zero-order valence-electron chi connectivity index (χ0n) is 16.2. The fourth-order valence-electron chi connectivity index (χ4n) is 3.74. The van der Waals surface area contributed by atoms with Crippen molar-refractivity contribution in [1.29, 1.82) is 0 Å². The van der Waals surface area contributed by atoms with Crippen LogP contribution in [0.25, 0.3) is 10.9 Å². The first-order chi connectivity index (χ1) is 13.5. The third kappa shape index (κ3) is 3.44. The number of nitrogens with zero attached hydrogens (tertiary/aromatic N) is 4. The molecule has 1 unspecified atom stereocenters. The number of likely N-dealkylation sites (tertiary alicyclic amines) is 1. The van der Waals surface area contributed by atoms with Gasteiger partial charge in [0.2, 0.25) is 11.8 Å². The summed E-state index contributed by atoms with van der Waals surface area (Å²) in [6.45, 7) is 4.64. The molecule has 0 N–H and O–H groups in total. The molecule has 1 atom stereocenters. The van der Waals surface area contributed by atoms with Gasteiger partial charge in [0.1, 0.15) is 12.6 Å². The number of pyridine rings is 1. The molecule has 1 aromatic carbocycles. The molecule has 1 aliphatic rings. The Morgan fingerprint density at radius 1 is 1.21 bits per heavy atom. The Kier molecular flexibility index (Phi) is 4.98. The summed E-state index contributed by atoms with van der Waals surface area (Å²) in [7, 11) is 0. The maximum Gasteiger partial charge on any atom is 0.251 e. The smallest absolute Gasteiger partial charge is 0.251 e. The van der Waals surface area contributed by atoms with Crippen LogP contribution in [0.3, 0.4) is 0 Å². The van der Waals surface area contributed by atoms with Crippen LogP contribution in [0.1, 0.15) is 56.8 Å². The summed E-state index contributed by atoms with van der Waals surface area (Å²) in [6.07, 6.45) is 2.72. The normalized spacial score (nSPS) is 17.4. The van der Waals surface area contributed by atoms with Crippen LogP contribution in [-0.2, 0) is 11.3 Å². The highest BCUT2D eigenvalue weighted by molar-refractivity contribution is 5.82. The third-order valence-corrected chi connectivity index (χ3v) is 5.27. The summed E-state index contributed by atoms with van der Waals surface area (Å²) < 4.78 is 7.00. The standard InChI is InChI=1S/C21H24N4O3/c1-14(2)20-22-21(28-23-20)17-9-5-6-12-24(17)19(27)13-25-16-8-4-3-7-15(16)10-11-18(25)26/h3-4,7-8,10-11,14,17H,5-6,9,12-13H2,1-2H3. The summed E-state index contributed by atoms with van der Waals surface area (Å²) in [4.78, 5) is 31.9. The minimum absolute atomic E-state index is 0.00185. The molecular formula is C21H24N4O3. The third-order valence-electron chi connectivity index (χ3n) is 5.27. The van der Waals surface area contributed by atoms with E-state index >= 15 is 0 Å². The van der Waals surface area contributed by atoms with E-state index < -0.39 is 0 Å². The number of fused-ring (bicyclic) bond motifs is 1. The molecule has 0 aliphatic carbocycles. The molecule has 1 fully saturated rings. The van der Waals surface area contributed by atoms with Gasteiger partial charge < -0.3 is 9.42 Å². The highest BCUT2D eigenvalue weighted by Crippen LogP contribution is 2.31. The summed E-state index contributed by atoms with van der Waals surface area (Å²) >= 11 is 0. The van der Waals surface area contributed by atoms with Gasteiger partial charge >= 0.3 is 0 Å². The van der Waals surface area contributed by atoms with Crippen LogP contribution in [0.5, 0.6) is 0 Å². The Morgan fingerprint density at radius 2 is 2.04 bits per heavy atom. The lowest BCUT2D eigenvalue weighted by Crippen LogP contribution is -2.41. The molecule has 7 heteroatoms. The van der Waals surface area contributed by atoms with Crippen molar-refractivity contribution in [2.75, 3.05) is 6.54 Å². The quantitative estimate of drug-likeness (QED) is 0.694. The SMILES string of the molecule is CC(C)c1noc(C2CCCCN2C(=O)Cn2c(=O)ccc3ccccc32)n1. The topological polar surface area (TPSA) is 81.2 Å². The predicted octanol–water partition coefficient (Wildman–Crippen LogP) is 3.26. The van der Waals surface area contributed by atoms with E-state index in [9.17, 15) is 9.59 Å². The average molecular weight is 380 g/mol. The Labute approximate surface area is 163 Å². The second-order valence-electron chi connectivity index (χ2n) is 7.56. The fraction of sp³-hybridized carbons (Fsp3) is 0.429. The lowest BCUT2D eigenvalue weighted by atomic mass is 10.0. The molecule has 1 saturated heterocycles. The van der Waals surface area contributed by atoms with Crippen LogP contribution in [0.4, 0.5) is 0 Å². The van der Waals surface area contributed by atoms with Gasteiger partial charge in [0.25, 0.3) is 5.56 Å². The number of carbonyl (C=O) groups excluding carboxylic acids is 1. The summed E-state index contributed by atoms with van der Waals surface area (Å²) in [5.74, 6) is 1.20. The van der Waals surface area contributed by atoms with Crippen molar-refractivity contribution in [3.63, 3.8) is 0 Å². The van der Waals surface area contributed by atoms with E-state index in [2.05, 4.69) is 10.1 Å². The molecule has 0 bridgehead atoms. The molecule has 4 rings (SSSR count). The number of hydrogen-bond donors (Lipinski definition) is 0. The minimum atomic E-state index is -0.230. The average Bonchev–Trinajstić information content (AvgIpc) is 3.20. The monoisotopic (exact) mass is 380 g/mol. The van der Waals surface area contributed by atoms with Crippen molar-refractivity contribution in [2.24, 2.45) is 0 Å². The summed E-state index contributed by atoms with van der Waals surface area (Å²) in [5, 5.41) is 4.98.